The van der Waals surface area contributed by atoms with Crippen LogP contribution in [0.3, 0.4) is 0 Å². The van der Waals surface area contributed by atoms with Crippen molar-refractivity contribution in [3.8, 4) is 11.5 Å². The van der Waals surface area contributed by atoms with Gasteiger partial charge in [-0.2, -0.15) is 0 Å². The molecule has 0 heterocycles. The molecule has 1 amide bonds. The average Bonchev–Trinajstić information content (AvgIpc) is 2.64. The molecule has 0 aliphatic heterocycles. The lowest BCUT2D eigenvalue weighted by atomic mass is 10.1. The number of rotatable bonds is 10. The molecule has 0 atom stereocenters. The molecule has 0 saturated carbocycles. The number of hydrogen-bond acceptors (Lipinski definition) is 3. The predicted octanol–water partition coefficient (Wildman–Crippen LogP) is 4.54. The van der Waals surface area contributed by atoms with Gasteiger partial charge in [-0.15, -0.1) is 0 Å². The Bertz CT molecular complexity index is 704. The highest BCUT2D eigenvalue weighted by Crippen LogP contribution is 2.34. The second-order valence-corrected chi connectivity index (χ2v) is 6.73. The molecule has 140 valence electrons. The highest BCUT2D eigenvalue weighted by molar-refractivity contribution is 9.10. The van der Waals surface area contributed by atoms with Crippen molar-refractivity contribution in [2.75, 3.05) is 19.8 Å². The van der Waals surface area contributed by atoms with E-state index in [-0.39, 0.29) is 5.91 Å². The maximum absolute atomic E-state index is 12.3. The molecule has 0 aliphatic rings. The van der Waals surface area contributed by atoms with Gasteiger partial charge in [0, 0.05) is 11.0 Å². The summed E-state index contributed by atoms with van der Waals surface area (Å²) in [5.41, 5.74) is 2.18. The van der Waals surface area contributed by atoms with Gasteiger partial charge in [0.05, 0.1) is 19.6 Å². The Hall–Kier alpha value is -2.01. The monoisotopic (exact) mass is 419 g/mol. The molecule has 5 heteroatoms. The molecule has 0 radical (unpaired) electrons. The van der Waals surface area contributed by atoms with Gasteiger partial charge in [0.2, 0.25) is 5.91 Å². The molecule has 26 heavy (non-hydrogen) atoms. The van der Waals surface area contributed by atoms with Crippen LogP contribution in [-0.2, 0) is 17.6 Å². The molecule has 2 aromatic rings. The van der Waals surface area contributed by atoms with E-state index in [1.807, 2.05) is 44.2 Å². The Labute approximate surface area is 164 Å². The number of carbonyl (C=O) groups is 1. The van der Waals surface area contributed by atoms with E-state index in [9.17, 15) is 4.79 Å². The first-order valence-corrected chi connectivity index (χ1v) is 9.82. The molecule has 0 unspecified atom stereocenters. The fraction of sp³-hybridized carbons (Fsp3) is 0.381. The van der Waals surface area contributed by atoms with Crippen LogP contribution in [0.4, 0.5) is 0 Å². The number of ether oxygens (including phenoxy) is 2. The van der Waals surface area contributed by atoms with E-state index in [2.05, 4.69) is 33.4 Å². The van der Waals surface area contributed by atoms with Gasteiger partial charge in [0.25, 0.3) is 0 Å². The summed E-state index contributed by atoms with van der Waals surface area (Å²) in [4.78, 5) is 12.3. The minimum absolute atomic E-state index is 0.00497. The summed E-state index contributed by atoms with van der Waals surface area (Å²) in [7, 11) is 0. The van der Waals surface area contributed by atoms with E-state index in [4.69, 9.17) is 9.47 Å². The SMILES string of the molecule is CCOc1cc(Br)c(CC(=O)NCCCc2ccccc2)cc1OCC. The van der Waals surface area contributed by atoms with Crippen LogP contribution >= 0.6 is 15.9 Å². The second-order valence-electron chi connectivity index (χ2n) is 5.87. The van der Waals surface area contributed by atoms with Crippen LogP contribution < -0.4 is 14.8 Å². The third kappa shape index (κ3) is 6.37. The fourth-order valence-electron chi connectivity index (χ4n) is 2.65. The molecule has 2 rings (SSSR count). The molecule has 0 aromatic heterocycles. The van der Waals surface area contributed by atoms with Crippen molar-refractivity contribution in [1.82, 2.24) is 5.32 Å². The van der Waals surface area contributed by atoms with Crippen LogP contribution in [0.5, 0.6) is 11.5 Å². The first-order chi connectivity index (χ1) is 12.6. The van der Waals surface area contributed by atoms with Gasteiger partial charge >= 0.3 is 0 Å². The Balaban J connectivity index is 1.88. The Morgan fingerprint density at radius 1 is 1.04 bits per heavy atom. The quantitative estimate of drug-likeness (QED) is 0.575. The Morgan fingerprint density at radius 2 is 1.69 bits per heavy atom. The molecule has 1 N–H and O–H groups in total. The zero-order valence-electron chi connectivity index (χ0n) is 15.4. The van der Waals surface area contributed by atoms with Crippen molar-refractivity contribution in [3.05, 3.63) is 58.1 Å². The van der Waals surface area contributed by atoms with Gasteiger partial charge in [-0.1, -0.05) is 46.3 Å². The summed E-state index contributed by atoms with van der Waals surface area (Å²) >= 11 is 3.53. The van der Waals surface area contributed by atoms with Gasteiger partial charge in [-0.05, 0) is 49.9 Å². The fourth-order valence-corrected chi connectivity index (χ4v) is 3.11. The normalized spacial score (nSPS) is 10.4. The van der Waals surface area contributed by atoms with E-state index in [1.54, 1.807) is 0 Å². The first-order valence-electron chi connectivity index (χ1n) is 9.02. The molecule has 0 aliphatic carbocycles. The van der Waals surface area contributed by atoms with Gasteiger partial charge < -0.3 is 14.8 Å². The number of halogens is 1. The molecule has 0 fully saturated rings. The van der Waals surface area contributed by atoms with Crippen LogP contribution in [0.25, 0.3) is 0 Å². The lowest BCUT2D eigenvalue weighted by Crippen LogP contribution is -2.26. The molecule has 2 aromatic carbocycles. The molecule has 4 nitrogen and oxygen atoms in total. The summed E-state index contributed by atoms with van der Waals surface area (Å²) in [5, 5.41) is 2.99. The predicted molar refractivity (Wildman–Crippen MR) is 108 cm³/mol. The minimum Gasteiger partial charge on any atom is -0.490 e. The standard InChI is InChI=1S/C21H26BrNO3/c1-3-25-19-13-17(18(22)15-20(19)26-4-2)14-21(24)23-12-8-11-16-9-6-5-7-10-16/h5-7,9-10,13,15H,3-4,8,11-12,14H2,1-2H3,(H,23,24). The second kappa shape index (κ2) is 10.9. The number of nitrogens with one attached hydrogen (secondary N) is 1. The largest absolute Gasteiger partial charge is 0.490 e. The maximum Gasteiger partial charge on any atom is 0.224 e. The maximum atomic E-state index is 12.3. The Morgan fingerprint density at radius 3 is 2.35 bits per heavy atom. The number of amides is 1. The van der Waals surface area contributed by atoms with Crippen LogP contribution in [0, 0.1) is 0 Å². The molecule has 0 saturated heterocycles. The molecular weight excluding hydrogens is 394 g/mol. The number of carbonyl (C=O) groups excluding carboxylic acids is 1. The lowest BCUT2D eigenvalue weighted by Gasteiger charge is -2.14. The zero-order chi connectivity index (χ0) is 18.8. The summed E-state index contributed by atoms with van der Waals surface area (Å²) in [6.45, 7) is 5.64. The lowest BCUT2D eigenvalue weighted by molar-refractivity contribution is -0.120. The van der Waals surface area contributed by atoms with Gasteiger partial charge in [-0.25, -0.2) is 0 Å². The topological polar surface area (TPSA) is 47.6 Å². The van der Waals surface area contributed by atoms with Crippen molar-refractivity contribution in [2.45, 2.75) is 33.1 Å². The molecular formula is C21H26BrNO3. The van der Waals surface area contributed by atoms with E-state index >= 15 is 0 Å². The number of benzene rings is 2. The van der Waals surface area contributed by atoms with E-state index in [0.29, 0.717) is 37.7 Å². The summed E-state index contributed by atoms with van der Waals surface area (Å²) in [5.74, 6) is 1.36. The van der Waals surface area contributed by atoms with Crippen molar-refractivity contribution in [2.24, 2.45) is 0 Å². The van der Waals surface area contributed by atoms with Crippen LogP contribution in [0.2, 0.25) is 0 Å². The van der Waals surface area contributed by atoms with Gasteiger partial charge in [-0.3, -0.25) is 4.79 Å². The van der Waals surface area contributed by atoms with Crippen molar-refractivity contribution in [3.63, 3.8) is 0 Å². The highest BCUT2D eigenvalue weighted by Gasteiger charge is 2.13. The summed E-state index contributed by atoms with van der Waals surface area (Å²) in [6.07, 6.45) is 2.19. The average molecular weight is 420 g/mol. The number of hydrogen-bond donors (Lipinski definition) is 1. The highest BCUT2D eigenvalue weighted by atomic mass is 79.9. The number of aryl methyl sites for hydroxylation is 1. The smallest absolute Gasteiger partial charge is 0.224 e. The van der Waals surface area contributed by atoms with E-state index < -0.39 is 0 Å². The van der Waals surface area contributed by atoms with Crippen LogP contribution in [-0.4, -0.2) is 25.7 Å². The third-order valence-corrected chi connectivity index (χ3v) is 4.61. The minimum atomic E-state index is 0.00497. The summed E-state index contributed by atoms with van der Waals surface area (Å²) in [6, 6.07) is 14.0. The Kier molecular flexibility index (Phi) is 8.48. The molecule has 0 bridgehead atoms. The van der Waals surface area contributed by atoms with Gasteiger partial charge in [0.15, 0.2) is 11.5 Å². The van der Waals surface area contributed by atoms with E-state index in [1.165, 1.54) is 5.56 Å². The zero-order valence-corrected chi connectivity index (χ0v) is 17.0. The molecule has 0 spiro atoms. The van der Waals surface area contributed by atoms with Crippen molar-refractivity contribution >= 4 is 21.8 Å². The van der Waals surface area contributed by atoms with Crippen LogP contribution in [0.1, 0.15) is 31.4 Å². The summed E-state index contributed by atoms with van der Waals surface area (Å²) < 4.78 is 12.1. The van der Waals surface area contributed by atoms with Crippen LogP contribution in [0.15, 0.2) is 46.9 Å². The third-order valence-electron chi connectivity index (χ3n) is 3.87. The van der Waals surface area contributed by atoms with Crippen molar-refractivity contribution in [1.29, 1.82) is 0 Å². The van der Waals surface area contributed by atoms with Gasteiger partial charge in [0.1, 0.15) is 0 Å². The first kappa shape index (κ1) is 20.3. The van der Waals surface area contributed by atoms with Crippen molar-refractivity contribution < 1.29 is 14.3 Å². The van der Waals surface area contributed by atoms with E-state index in [0.717, 1.165) is 22.9 Å².